The molecule has 0 bridgehead atoms. The minimum absolute atomic E-state index is 0.0646. The van der Waals surface area contributed by atoms with Gasteiger partial charge in [0, 0.05) is 36.8 Å². The zero-order chi connectivity index (χ0) is 16.4. The minimum atomic E-state index is -0.316. The number of rotatable bonds is 5. The van der Waals surface area contributed by atoms with Crippen molar-refractivity contribution < 1.29 is 9.66 Å². The largest absolute Gasteiger partial charge is 0.374 e. The number of nitrogens with zero attached hydrogens (tertiary/aromatic N) is 2. The van der Waals surface area contributed by atoms with Crippen molar-refractivity contribution in [2.24, 2.45) is 0 Å². The van der Waals surface area contributed by atoms with E-state index in [1.807, 2.05) is 19.9 Å². The molecule has 2 saturated heterocycles. The van der Waals surface area contributed by atoms with Gasteiger partial charge in [0.15, 0.2) is 0 Å². The van der Waals surface area contributed by atoms with E-state index < -0.39 is 0 Å². The molecule has 0 aromatic heterocycles. The Balaban J connectivity index is 1.58. The zero-order valence-corrected chi connectivity index (χ0v) is 13.8. The SMILES string of the molecule is Cc1c([C@H](C)NC[C@H]2CN3CCC[C@H]3CO2)cccc1[N+](=O)[O-]. The maximum Gasteiger partial charge on any atom is 0.272 e. The van der Waals surface area contributed by atoms with Gasteiger partial charge in [-0.3, -0.25) is 15.0 Å². The lowest BCUT2D eigenvalue weighted by Gasteiger charge is -2.35. The lowest BCUT2D eigenvalue weighted by Crippen LogP contribution is -2.49. The van der Waals surface area contributed by atoms with E-state index in [1.165, 1.54) is 19.4 Å². The number of hydrogen-bond donors (Lipinski definition) is 1. The molecule has 0 spiro atoms. The van der Waals surface area contributed by atoms with Crippen LogP contribution in [0.1, 0.15) is 36.9 Å². The summed E-state index contributed by atoms with van der Waals surface area (Å²) in [6.45, 7) is 7.64. The molecular weight excluding hydrogens is 294 g/mol. The van der Waals surface area contributed by atoms with Crippen molar-refractivity contribution in [3.63, 3.8) is 0 Å². The predicted molar refractivity (Wildman–Crippen MR) is 88.6 cm³/mol. The predicted octanol–water partition coefficient (Wildman–Crippen LogP) is 2.42. The molecule has 0 unspecified atom stereocenters. The second-order valence-electron chi connectivity index (χ2n) is 6.62. The van der Waals surface area contributed by atoms with Crippen LogP contribution in [0.5, 0.6) is 0 Å². The highest BCUT2D eigenvalue weighted by Crippen LogP contribution is 2.26. The summed E-state index contributed by atoms with van der Waals surface area (Å²) in [5, 5.41) is 14.5. The average molecular weight is 319 g/mol. The van der Waals surface area contributed by atoms with E-state index >= 15 is 0 Å². The second-order valence-corrected chi connectivity index (χ2v) is 6.62. The normalized spacial score (nSPS) is 26.0. The van der Waals surface area contributed by atoms with E-state index in [2.05, 4.69) is 10.2 Å². The van der Waals surface area contributed by atoms with Gasteiger partial charge in [0.1, 0.15) is 0 Å². The summed E-state index contributed by atoms with van der Waals surface area (Å²) >= 11 is 0. The first kappa shape index (κ1) is 16.4. The first-order valence-electron chi connectivity index (χ1n) is 8.39. The summed E-state index contributed by atoms with van der Waals surface area (Å²) in [5.41, 5.74) is 1.90. The quantitative estimate of drug-likeness (QED) is 0.667. The van der Waals surface area contributed by atoms with Crippen LogP contribution in [0.25, 0.3) is 0 Å². The minimum Gasteiger partial charge on any atom is -0.374 e. The maximum atomic E-state index is 11.1. The molecule has 0 amide bonds. The molecule has 0 aliphatic carbocycles. The molecule has 3 rings (SSSR count). The monoisotopic (exact) mass is 319 g/mol. The Bertz CT molecular complexity index is 578. The number of fused-ring (bicyclic) bond motifs is 1. The fourth-order valence-corrected chi connectivity index (χ4v) is 3.74. The van der Waals surface area contributed by atoms with Crippen LogP contribution in [0.15, 0.2) is 18.2 Å². The molecule has 6 heteroatoms. The third-order valence-corrected chi connectivity index (χ3v) is 5.12. The van der Waals surface area contributed by atoms with Crippen LogP contribution in [0, 0.1) is 17.0 Å². The van der Waals surface area contributed by atoms with Crippen molar-refractivity contribution in [2.45, 2.75) is 44.9 Å². The Labute approximate surface area is 137 Å². The molecular formula is C17H25N3O3. The summed E-state index contributed by atoms with van der Waals surface area (Å²) in [6, 6.07) is 5.95. The Morgan fingerprint density at radius 2 is 2.35 bits per heavy atom. The molecule has 2 aliphatic heterocycles. The zero-order valence-electron chi connectivity index (χ0n) is 13.8. The van der Waals surface area contributed by atoms with E-state index in [9.17, 15) is 10.1 Å². The van der Waals surface area contributed by atoms with Crippen LogP contribution in [0.3, 0.4) is 0 Å². The standard InChI is InChI=1S/C17H25N3O3/c1-12-16(6-3-7-17(12)20(21)22)13(2)18-9-15-10-19-8-4-5-14(19)11-23-15/h3,6-7,13-15,18H,4-5,8-11H2,1-2H3/t13-,14-,15-/m0/s1. The van der Waals surface area contributed by atoms with Gasteiger partial charge in [-0.15, -0.1) is 0 Å². The number of hydrogen-bond acceptors (Lipinski definition) is 5. The molecule has 1 N–H and O–H groups in total. The Kier molecular flexibility index (Phi) is 4.94. The third-order valence-electron chi connectivity index (χ3n) is 5.12. The number of benzene rings is 1. The van der Waals surface area contributed by atoms with Crippen LogP contribution in [-0.2, 0) is 4.74 Å². The van der Waals surface area contributed by atoms with Crippen LogP contribution in [0.4, 0.5) is 5.69 Å². The molecule has 3 atom stereocenters. The summed E-state index contributed by atoms with van der Waals surface area (Å²) < 4.78 is 5.96. The van der Waals surface area contributed by atoms with Crippen molar-refractivity contribution in [3.05, 3.63) is 39.4 Å². The van der Waals surface area contributed by atoms with Crippen LogP contribution < -0.4 is 5.32 Å². The number of nitro groups is 1. The van der Waals surface area contributed by atoms with Crippen molar-refractivity contribution in [1.82, 2.24) is 10.2 Å². The maximum absolute atomic E-state index is 11.1. The molecule has 6 nitrogen and oxygen atoms in total. The van der Waals surface area contributed by atoms with E-state index in [-0.39, 0.29) is 22.8 Å². The second kappa shape index (κ2) is 6.95. The van der Waals surface area contributed by atoms with Crippen molar-refractivity contribution >= 4 is 5.69 Å². The Hall–Kier alpha value is -1.50. The van der Waals surface area contributed by atoms with E-state index in [4.69, 9.17) is 4.74 Å². The highest BCUT2D eigenvalue weighted by molar-refractivity contribution is 5.45. The van der Waals surface area contributed by atoms with E-state index in [0.29, 0.717) is 6.04 Å². The molecule has 23 heavy (non-hydrogen) atoms. The van der Waals surface area contributed by atoms with Gasteiger partial charge in [-0.05, 0) is 38.8 Å². The molecule has 1 aromatic rings. The Morgan fingerprint density at radius 1 is 1.52 bits per heavy atom. The smallest absolute Gasteiger partial charge is 0.272 e. The van der Waals surface area contributed by atoms with Crippen molar-refractivity contribution in [3.8, 4) is 0 Å². The summed E-state index contributed by atoms with van der Waals surface area (Å²) in [7, 11) is 0. The first-order chi connectivity index (χ1) is 11.1. The molecule has 126 valence electrons. The number of ether oxygens (including phenoxy) is 1. The van der Waals surface area contributed by atoms with Crippen molar-refractivity contribution in [1.29, 1.82) is 0 Å². The highest BCUT2D eigenvalue weighted by Gasteiger charge is 2.32. The lowest BCUT2D eigenvalue weighted by atomic mass is 10.0. The molecule has 0 saturated carbocycles. The van der Waals surface area contributed by atoms with Crippen molar-refractivity contribution in [2.75, 3.05) is 26.2 Å². The topological polar surface area (TPSA) is 67.6 Å². The average Bonchev–Trinajstić information content (AvgIpc) is 3.00. The van der Waals surface area contributed by atoms with Gasteiger partial charge in [-0.2, -0.15) is 0 Å². The summed E-state index contributed by atoms with van der Waals surface area (Å²) in [4.78, 5) is 13.3. The van der Waals surface area contributed by atoms with Gasteiger partial charge >= 0.3 is 0 Å². The van der Waals surface area contributed by atoms with Gasteiger partial charge in [0.2, 0.25) is 0 Å². The van der Waals surface area contributed by atoms with Gasteiger partial charge in [0.05, 0.1) is 17.6 Å². The molecule has 2 aliphatic rings. The highest BCUT2D eigenvalue weighted by atomic mass is 16.6. The van der Waals surface area contributed by atoms with Crippen LogP contribution >= 0.6 is 0 Å². The number of nitro benzene ring substituents is 1. The number of nitrogens with one attached hydrogen (secondary N) is 1. The first-order valence-corrected chi connectivity index (χ1v) is 8.39. The summed E-state index contributed by atoms with van der Waals surface area (Å²) in [5.74, 6) is 0. The van der Waals surface area contributed by atoms with Gasteiger partial charge in [0.25, 0.3) is 5.69 Å². The van der Waals surface area contributed by atoms with Gasteiger partial charge in [-0.25, -0.2) is 0 Å². The fourth-order valence-electron chi connectivity index (χ4n) is 3.74. The summed E-state index contributed by atoms with van der Waals surface area (Å²) in [6.07, 6.45) is 2.73. The van der Waals surface area contributed by atoms with Crippen LogP contribution in [0.2, 0.25) is 0 Å². The molecule has 2 heterocycles. The van der Waals surface area contributed by atoms with Gasteiger partial charge in [-0.1, -0.05) is 12.1 Å². The Morgan fingerprint density at radius 3 is 3.13 bits per heavy atom. The lowest BCUT2D eigenvalue weighted by molar-refractivity contribution is -0.385. The molecule has 2 fully saturated rings. The molecule has 0 radical (unpaired) electrons. The van der Waals surface area contributed by atoms with E-state index in [1.54, 1.807) is 12.1 Å². The third kappa shape index (κ3) is 3.54. The number of morpholine rings is 1. The van der Waals surface area contributed by atoms with Gasteiger partial charge < -0.3 is 10.1 Å². The van der Waals surface area contributed by atoms with Crippen LogP contribution in [-0.4, -0.2) is 48.2 Å². The molecule has 1 aromatic carbocycles. The fraction of sp³-hybridized carbons (Fsp3) is 0.647. The van der Waals surface area contributed by atoms with E-state index in [0.717, 1.165) is 30.8 Å².